The van der Waals surface area contributed by atoms with E-state index in [1.54, 1.807) is 11.8 Å². The summed E-state index contributed by atoms with van der Waals surface area (Å²) in [6.07, 6.45) is 5.92. The quantitative estimate of drug-likeness (QED) is 0.461. The number of hydrogen-bond donors (Lipinski definition) is 1. The van der Waals surface area contributed by atoms with Crippen LogP contribution in [0.1, 0.15) is 57.4 Å². The van der Waals surface area contributed by atoms with Gasteiger partial charge in [0.2, 0.25) is 0 Å². The average molecular weight is 350 g/mol. The molecule has 0 amide bonds. The van der Waals surface area contributed by atoms with Gasteiger partial charge in [-0.1, -0.05) is 45.9 Å². The van der Waals surface area contributed by atoms with E-state index in [-0.39, 0.29) is 0 Å². The second-order valence-electron chi connectivity index (χ2n) is 7.58. The van der Waals surface area contributed by atoms with Crippen LogP contribution in [-0.4, -0.2) is 15.7 Å². The van der Waals surface area contributed by atoms with Crippen LogP contribution in [0, 0.1) is 11.3 Å². The maximum absolute atomic E-state index is 6.29. The Labute approximate surface area is 147 Å². The average Bonchev–Trinajstić information content (AvgIpc) is 2.84. The van der Waals surface area contributed by atoms with Crippen LogP contribution in [-0.2, 0) is 12.8 Å². The minimum Gasteiger partial charge on any atom is -0.383 e. The van der Waals surface area contributed by atoms with E-state index in [0.717, 1.165) is 39.9 Å². The van der Waals surface area contributed by atoms with Crippen molar-refractivity contribution in [1.82, 2.24) is 9.97 Å². The second kappa shape index (κ2) is 6.60. The molecule has 126 valence electrons. The van der Waals surface area contributed by atoms with Gasteiger partial charge in [-0.15, -0.1) is 11.3 Å². The van der Waals surface area contributed by atoms with Crippen molar-refractivity contribution < 1.29 is 0 Å². The molecule has 0 unspecified atom stereocenters. The molecular weight excluding hydrogens is 322 g/mol. The molecule has 3 nitrogen and oxygen atoms in total. The molecular formula is C18H27N3S2. The number of aryl methyl sites for hydroxylation is 1. The third-order valence-corrected chi connectivity index (χ3v) is 6.95. The Morgan fingerprint density at radius 2 is 2.09 bits per heavy atom. The zero-order chi connectivity index (χ0) is 16.6. The number of unbranched alkanes of at least 4 members (excludes halogenated alkanes) is 1. The predicted octanol–water partition coefficient (Wildman–Crippen LogP) is 5.32. The Morgan fingerprint density at radius 1 is 1.30 bits per heavy atom. The third kappa shape index (κ3) is 3.50. The van der Waals surface area contributed by atoms with Crippen molar-refractivity contribution in [1.29, 1.82) is 0 Å². The highest BCUT2D eigenvalue weighted by molar-refractivity contribution is 7.99. The zero-order valence-corrected chi connectivity index (χ0v) is 16.2. The molecule has 1 aliphatic rings. The van der Waals surface area contributed by atoms with Crippen LogP contribution < -0.4 is 5.73 Å². The van der Waals surface area contributed by atoms with Crippen molar-refractivity contribution in [3.05, 3.63) is 10.4 Å². The molecule has 0 saturated carbocycles. The van der Waals surface area contributed by atoms with Crippen molar-refractivity contribution in [2.45, 2.75) is 65.0 Å². The minimum atomic E-state index is 0.367. The standard InChI is InChI=1S/C18H27N3S2/c1-5-6-9-22-17-20-15(19)14-12-8-7-11(18(2,3)4)10-13(12)23-16(14)21-17/h11H,5-10H2,1-4H3,(H2,19,20,21)/t11-/m0/s1. The van der Waals surface area contributed by atoms with Crippen LogP contribution in [0.5, 0.6) is 0 Å². The number of nitrogens with zero attached hydrogens (tertiary/aromatic N) is 2. The highest BCUT2D eigenvalue weighted by Crippen LogP contribution is 2.44. The number of nitrogens with two attached hydrogens (primary N) is 1. The van der Waals surface area contributed by atoms with Crippen LogP contribution in [0.3, 0.4) is 0 Å². The fourth-order valence-corrected chi connectivity index (χ4v) is 5.60. The van der Waals surface area contributed by atoms with Gasteiger partial charge >= 0.3 is 0 Å². The smallest absolute Gasteiger partial charge is 0.190 e. The van der Waals surface area contributed by atoms with Crippen molar-refractivity contribution in [3.8, 4) is 0 Å². The fourth-order valence-electron chi connectivity index (χ4n) is 3.30. The van der Waals surface area contributed by atoms with E-state index in [9.17, 15) is 0 Å². The van der Waals surface area contributed by atoms with Gasteiger partial charge in [-0.3, -0.25) is 0 Å². The SMILES string of the molecule is CCCCSc1nc(N)c2c3c(sc2n1)C[C@@H](C(C)(C)C)CC3. The van der Waals surface area contributed by atoms with Crippen molar-refractivity contribution >= 4 is 39.1 Å². The molecule has 0 aliphatic heterocycles. The molecule has 5 heteroatoms. The van der Waals surface area contributed by atoms with Crippen molar-refractivity contribution in [3.63, 3.8) is 0 Å². The molecule has 0 spiro atoms. The Balaban J connectivity index is 1.92. The van der Waals surface area contributed by atoms with E-state index in [2.05, 4.69) is 32.7 Å². The van der Waals surface area contributed by atoms with E-state index < -0.39 is 0 Å². The number of aromatic nitrogens is 2. The second-order valence-corrected chi connectivity index (χ2v) is 9.73. The lowest BCUT2D eigenvalue weighted by Crippen LogP contribution is -2.26. The first-order valence-corrected chi connectivity index (χ1v) is 10.4. The lowest BCUT2D eigenvalue weighted by molar-refractivity contribution is 0.218. The number of anilines is 1. The molecule has 0 radical (unpaired) electrons. The van der Waals surface area contributed by atoms with Crippen LogP contribution in [0.2, 0.25) is 0 Å². The minimum absolute atomic E-state index is 0.367. The summed E-state index contributed by atoms with van der Waals surface area (Å²) in [6, 6.07) is 0. The van der Waals surface area contributed by atoms with E-state index >= 15 is 0 Å². The number of nitrogen functional groups attached to an aromatic ring is 1. The van der Waals surface area contributed by atoms with Crippen molar-refractivity contribution in [2.24, 2.45) is 11.3 Å². The van der Waals surface area contributed by atoms with Crippen LogP contribution in [0.15, 0.2) is 5.16 Å². The summed E-state index contributed by atoms with van der Waals surface area (Å²) >= 11 is 3.57. The molecule has 1 atom stereocenters. The largest absolute Gasteiger partial charge is 0.383 e. The maximum atomic E-state index is 6.29. The lowest BCUT2D eigenvalue weighted by atomic mass is 9.72. The van der Waals surface area contributed by atoms with Gasteiger partial charge in [0.05, 0.1) is 5.39 Å². The van der Waals surface area contributed by atoms with E-state index in [1.165, 1.54) is 29.7 Å². The highest BCUT2D eigenvalue weighted by atomic mass is 32.2. The molecule has 2 aromatic rings. The summed E-state index contributed by atoms with van der Waals surface area (Å²) < 4.78 is 0. The summed E-state index contributed by atoms with van der Waals surface area (Å²) in [5.41, 5.74) is 8.08. The van der Waals surface area contributed by atoms with Crippen LogP contribution >= 0.6 is 23.1 Å². The first-order chi connectivity index (χ1) is 10.9. The molecule has 0 saturated heterocycles. The van der Waals surface area contributed by atoms with Crippen molar-refractivity contribution in [2.75, 3.05) is 11.5 Å². The predicted molar refractivity (Wildman–Crippen MR) is 102 cm³/mol. The number of thiophene rings is 1. The Hall–Kier alpha value is -0.810. The lowest BCUT2D eigenvalue weighted by Gasteiger charge is -2.33. The molecule has 2 heterocycles. The number of hydrogen-bond acceptors (Lipinski definition) is 5. The molecule has 23 heavy (non-hydrogen) atoms. The number of thioether (sulfide) groups is 1. The fraction of sp³-hybridized carbons (Fsp3) is 0.667. The molecule has 0 aromatic carbocycles. The topological polar surface area (TPSA) is 51.8 Å². The van der Waals surface area contributed by atoms with Gasteiger partial charge in [-0.2, -0.15) is 0 Å². The Bertz CT molecular complexity index is 700. The van der Waals surface area contributed by atoms with Gasteiger partial charge < -0.3 is 5.73 Å². The van der Waals surface area contributed by atoms with E-state index in [4.69, 9.17) is 10.7 Å². The van der Waals surface area contributed by atoms with Gasteiger partial charge in [0, 0.05) is 10.6 Å². The Morgan fingerprint density at radius 3 is 2.78 bits per heavy atom. The molecule has 1 aliphatic carbocycles. The summed E-state index contributed by atoms with van der Waals surface area (Å²) in [4.78, 5) is 11.9. The Kier molecular flexibility index (Phi) is 4.88. The highest BCUT2D eigenvalue weighted by Gasteiger charge is 2.31. The van der Waals surface area contributed by atoms with Gasteiger partial charge in [-0.05, 0) is 42.6 Å². The summed E-state index contributed by atoms with van der Waals surface area (Å²) in [6.45, 7) is 9.27. The molecule has 0 bridgehead atoms. The maximum Gasteiger partial charge on any atom is 0.190 e. The first-order valence-electron chi connectivity index (χ1n) is 8.60. The third-order valence-electron chi connectivity index (χ3n) is 4.87. The summed E-state index contributed by atoms with van der Waals surface area (Å²) in [7, 11) is 0. The van der Waals surface area contributed by atoms with Gasteiger partial charge in [0.1, 0.15) is 10.6 Å². The molecule has 2 N–H and O–H groups in total. The van der Waals surface area contributed by atoms with Gasteiger partial charge in [0.25, 0.3) is 0 Å². The normalized spacial score (nSPS) is 18.3. The molecule has 2 aromatic heterocycles. The molecule has 3 rings (SSSR count). The molecule has 0 fully saturated rings. The zero-order valence-electron chi connectivity index (χ0n) is 14.6. The summed E-state index contributed by atoms with van der Waals surface area (Å²) in [5.74, 6) is 2.50. The van der Waals surface area contributed by atoms with Gasteiger partial charge in [0.15, 0.2) is 5.16 Å². The van der Waals surface area contributed by atoms with E-state index in [1.807, 2.05) is 11.3 Å². The van der Waals surface area contributed by atoms with Crippen LogP contribution in [0.25, 0.3) is 10.2 Å². The summed E-state index contributed by atoms with van der Waals surface area (Å²) in [5, 5.41) is 1.98. The number of rotatable bonds is 4. The van der Waals surface area contributed by atoms with Crippen LogP contribution in [0.4, 0.5) is 5.82 Å². The first kappa shape index (κ1) is 17.0. The monoisotopic (exact) mass is 349 g/mol. The number of fused-ring (bicyclic) bond motifs is 3. The van der Waals surface area contributed by atoms with Gasteiger partial charge in [-0.25, -0.2) is 9.97 Å². The van der Waals surface area contributed by atoms with E-state index in [0.29, 0.717) is 11.2 Å².